The molecule has 0 radical (unpaired) electrons. The highest BCUT2D eigenvalue weighted by Crippen LogP contribution is 2.35. The molecule has 136 valence electrons. The molecule has 1 aromatic heterocycles. The number of aromatic nitrogens is 1. The van der Waals surface area contributed by atoms with Gasteiger partial charge in [-0.25, -0.2) is 0 Å². The number of aliphatic imine (C=N–C) groups is 1. The number of ether oxygens (including phenoxy) is 1. The van der Waals surface area contributed by atoms with Crippen LogP contribution in [-0.4, -0.2) is 17.2 Å². The molecule has 3 nitrogen and oxygen atoms in total. The van der Waals surface area contributed by atoms with Crippen molar-refractivity contribution in [1.82, 2.24) is 4.98 Å². The highest BCUT2D eigenvalue weighted by atomic mass is 16.5. The fourth-order valence-electron chi connectivity index (χ4n) is 3.73. The third kappa shape index (κ3) is 2.85. The maximum absolute atomic E-state index is 6.53. The van der Waals surface area contributed by atoms with E-state index >= 15 is 0 Å². The Kier molecular flexibility index (Phi) is 3.94. The monoisotopic (exact) mass is 364 g/mol. The standard InChI is InChI=1S/C25H20N2O/c1-25(20-10-3-2-4-11-20)17-27-24(21-12-6-8-14-23(21)28-25)19-15-18-9-5-7-13-22(18)26-16-19/h2-16H,17H2,1H3. The lowest BCUT2D eigenvalue weighted by atomic mass is 9.96. The lowest BCUT2D eigenvalue weighted by Crippen LogP contribution is -2.32. The minimum Gasteiger partial charge on any atom is -0.480 e. The van der Waals surface area contributed by atoms with Gasteiger partial charge in [-0.05, 0) is 36.8 Å². The van der Waals surface area contributed by atoms with Crippen LogP contribution in [0.15, 0.2) is 96.1 Å². The number of fused-ring (bicyclic) bond motifs is 2. The summed E-state index contributed by atoms with van der Waals surface area (Å²) in [5, 5.41) is 1.11. The van der Waals surface area contributed by atoms with Gasteiger partial charge < -0.3 is 4.74 Å². The van der Waals surface area contributed by atoms with E-state index in [0.717, 1.165) is 39.1 Å². The molecule has 3 heteroatoms. The van der Waals surface area contributed by atoms with Gasteiger partial charge in [0.05, 0.1) is 17.8 Å². The number of benzene rings is 3. The average Bonchev–Trinajstić information content (AvgIpc) is 2.91. The molecule has 28 heavy (non-hydrogen) atoms. The van der Waals surface area contributed by atoms with Crippen LogP contribution in [0.2, 0.25) is 0 Å². The van der Waals surface area contributed by atoms with Crippen molar-refractivity contribution in [3.05, 3.63) is 108 Å². The summed E-state index contributed by atoms with van der Waals surface area (Å²) in [6, 6.07) is 28.7. The zero-order valence-corrected chi connectivity index (χ0v) is 15.7. The molecule has 0 amide bonds. The number of nitrogens with zero attached hydrogens (tertiary/aromatic N) is 2. The first-order chi connectivity index (χ1) is 13.7. The zero-order chi connectivity index (χ0) is 19.0. The molecule has 0 saturated heterocycles. The van der Waals surface area contributed by atoms with Crippen LogP contribution in [0.4, 0.5) is 0 Å². The van der Waals surface area contributed by atoms with Crippen LogP contribution in [0, 0.1) is 0 Å². The van der Waals surface area contributed by atoms with Crippen molar-refractivity contribution in [3.63, 3.8) is 0 Å². The van der Waals surface area contributed by atoms with E-state index in [1.807, 2.05) is 60.8 Å². The molecule has 0 saturated carbocycles. The van der Waals surface area contributed by atoms with E-state index in [4.69, 9.17) is 9.73 Å². The average molecular weight is 364 g/mol. The van der Waals surface area contributed by atoms with Gasteiger partial charge in [0, 0.05) is 22.7 Å². The Hall–Kier alpha value is -3.46. The Morgan fingerprint density at radius 2 is 1.61 bits per heavy atom. The van der Waals surface area contributed by atoms with Crippen LogP contribution in [0.1, 0.15) is 23.6 Å². The van der Waals surface area contributed by atoms with E-state index in [0.29, 0.717) is 6.54 Å². The molecule has 1 unspecified atom stereocenters. The van der Waals surface area contributed by atoms with Crippen LogP contribution in [-0.2, 0) is 5.60 Å². The van der Waals surface area contributed by atoms with Crippen molar-refractivity contribution in [3.8, 4) is 5.75 Å². The predicted octanol–water partition coefficient (Wildman–Crippen LogP) is 5.38. The summed E-state index contributed by atoms with van der Waals surface area (Å²) >= 11 is 0. The van der Waals surface area contributed by atoms with Gasteiger partial charge in [0.1, 0.15) is 5.75 Å². The molecular weight excluding hydrogens is 344 g/mol. The molecule has 0 N–H and O–H groups in total. The second-order valence-electron chi connectivity index (χ2n) is 7.28. The van der Waals surface area contributed by atoms with Gasteiger partial charge in [-0.15, -0.1) is 0 Å². The van der Waals surface area contributed by atoms with Crippen molar-refractivity contribution in [2.45, 2.75) is 12.5 Å². The first-order valence-corrected chi connectivity index (χ1v) is 9.46. The summed E-state index contributed by atoms with van der Waals surface area (Å²) in [7, 11) is 0. The smallest absolute Gasteiger partial charge is 0.151 e. The second-order valence-corrected chi connectivity index (χ2v) is 7.28. The maximum atomic E-state index is 6.53. The topological polar surface area (TPSA) is 34.5 Å². The second kappa shape index (κ2) is 6.61. The van der Waals surface area contributed by atoms with Gasteiger partial charge in [-0.1, -0.05) is 60.7 Å². The van der Waals surface area contributed by atoms with Crippen LogP contribution < -0.4 is 4.74 Å². The number of hydrogen-bond donors (Lipinski definition) is 0. The molecule has 5 rings (SSSR count). The minimum absolute atomic E-state index is 0.524. The molecule has 1 atom stereocenters. The molecule has 0 spiro atoms. The normalized spacial score (nSPS) is 18.7. The number of pyridine rings is 1. The Morgan fingerprint density at radius 3 is 2.50 bits per heavy atom. The molecule has 1 aliphatic heterocycles. The molecule has 0 aliphatic carbocycles. The van der Waals surface area contributed by atoms with E-state index in [1.165, 1.54) is 0 Å². The van der Waals surface area contributed by atoms with Crippen molar-refractivity contribution in [2.75, 3.05) is 6.54 Å². The molecule has 4 aromatic rings. The summed E-state index contributed by atoms with van der Waals surface area (Å²) < 4.78 is 6.53. The summed E-state index contributed by atoms with van der Waals surface area (Å²) in [6.07, 6.45) is 1.91. The molecule has 0 fully saturated rings. The zero-order valence-electron chi connectivity index (χ0n) is 15.7. The predicted molar refractivity (Wildman–Crippen MR) is 113 cm³/mol. The van der Waals surface area contributed by atoms with E-state index in [-0.39, 0.29) is 0 Å². The largest absolute Gasteiger partial charge is 0.480 e. The molecule has 3 aromatic carbocycles. The lowest BCUT2D eigenvalue weighted by molar-refractivity contribution is 0.0988. The maximum Gasteiger partial charge on any atom is 0.151 e. The third-order valence-electron chi connectivity index (χ3n) is 5.26. The molecule has 0 bridgehead atoms. The number of hydrogen-bond acceptors (Lipinski definition) is 3. The number of rotatable bonds is 2. The first-order valence-electron chi connectivity index (χ1n) is 9.46. The van der Waals surface area contributed by atoms with E-state index in [1.54, 1.807) is 0 Å². The van der Waals surface area contributed by atoms with E-state index in [9.17, 15) is 0 Å². The lowest BCUT2D eigenvalue weighted by Gasteiger charge is -2.29. The Labute approximate surface area is 164 Å². The SMILES string of the molecule is CC1(c2ccccc2)CN=C(c2cnc3ccccc3c2)c2ccccc2O1. The molecule has 1 aliphatic rings. The fourth-order valence-corrected chi connectivity index (χ4v) is 3.73. The minimum atomic E-state index is -0.524. The summed E-state index contributed by atoms with van der Waals surface area (Å²) in [4.78, 5) is 9.66. The van der Waals surface area contributed by atoms with Gasteiger partial charge in [0.15, 0.2) is 5.60 Å². The van der Waals surface area contributed by atoms with E-state index in [2.05, 4.69) is 42.2 Å². The number of para-hydroxylation sites is 2. The van der Waals surface area contributed by atoms with Crippen molar-refractivity contribution in [1.29, 1.82) is 0 Å². The summed E-state index contributed by atoms with van der Waals surface area (Å²) in [5.74, 6) is 0.846. The van der Waals surface area contributed by atoms with E-state index < -0.39 is 5.60 Å². The van der Waals surface area contributed by atoms with Crippen molar-refractivity contribution in [2.24, 2.45) is 4.99 Å². The van der Waals surface area contributed by atoms with Gasteiger partial charge in [-0.2, -0.15) is 0 Å². The highest BCUT2D eigenvalue weighted by molar-refractivity contribution is 6.15. The van der Waals surface area contributed by atoms with Gasteiger partial charge in [0.2, 0.25) is 0 Å². The van der Waals surface area contributed by atoms with Gasteiger partial charge in [0.25, 0.3) is 0 Å². The van der Waals surface area contributed by atoms with Crippen LogP contribution in [0.3, 0.4) is 0 Å². The quantitative estimate of drug-likeness (QED) is 0.478. The third-order valence-corrected chi connectivity index (χ3v) is 5.26. The molecular formula is C25H20N2O. The fraction of sp³-hybridized carbons (Fsp3) is 0.120. The first kappa shape index (κ1) is 16.7. The Morgan fingerprint density at radius 1 is 0.857 bits per heavy atom. The van der Waals surface area contributed by atoms with Crippen LogP contribution in [0.5, 0.6) is 5.75 Å². The highest BCUT2D eigenvalue weighted by Gasteiger charge is 2.33. The summed E-state index contributed by atoms with van der Waals surface area (Å²) in [5.41, 5.74) is 4.51. The van der Waals surface area contributed by atoms with Crippen molar-refractivity contribution < 1.29 is 4.74 Å². The van der Waals surface area contributed by atoms with Crippen LogP contribution >= 0.6 is 0 Å². The van der Waals surface area contributed by atoms with Gasteiger partial charge in [-0.3, -0.25) is 9.98 Å². The van der Waals surface area contributed by atoms with Crippen LogP contribution in [0.25, 0.3) is 10.9 Å². The molecule has 2 heterocycles. The van der Waals surface area contributed by atoms with Gasteiger partial charge >= 0.3 is 0 Å². The Balaban J connectivity index is 1.67. The summed E-state index contributed by atoms with van der Waals surface area (Å²) in [6.45, 7) is 2.64. The Bertz CT molecular complexity index is 1180. The van der Waals surface area contributed by atoms with Crippen molar-refractivity contribution >= 4 is 16.6 Å².